The first-order valence-electron chi connectivity index (χ1n) is 15.7. The third-order valence-electron chi connectivity index (χ3n) is 7.80. The summed E-state index contributed by atoms with van der Waals surface area (Å²) in [5.41, 5.74) is -0.179. The summed E-state index contributed by atoms with van der Waals surface area (Å²) in [6, 6.07) is 17.9. The number of imide groups is 1. The normalized spacial score (nSPS) is 14.4. The van der Waals surface area contributed by atoms with Crippen molar-refractivity contribution in [2.75, 3.05) is 13.1 Å². The van der Waals surface area contributed by atoms with E-state index in [0.717, 1.165) is 24.3 Å². The van der Waals surface area contributed by atoms with Gasteiger partial charge in [0.1, 0.15) is 40.5 Å². The van der Waals surface area contributed by atoms with E-state index in [1.807, 2.05) is 0 Å². The van der Waals surface area contributed by atoms with Gasteiger partial charge in [-0.2, -0.15) is 13.2 Å². The lowest BCUT2D eigenvalue weighted by Gasteiger charge is -2.38. The Morgan fingerprint density at radius 3 is 2.00 bits per heavy atom. The highest BCUT2D eigenvalue weighted by molar-refractivity contribution is 6.30. The van der Waals surface area contributed by atoms with Crippen LogP contribution in [-0.4, -0.2) is 51.7 Å². The van der Waals surface area contributed by atoms with Crippen LogP contribution in [-0.2, 0) is 28.5 Å². The van der Waals surface area contributed by atoms with Crippen molar-refractivity contribution in [2.24, 2.45) is 0 Å². The molecular weight excluding hydrogens is 696 g/mol. The van der Waals surface area contributed by atoms with Gasteiger partial charge in [0.25, 0.3) is 5.91 Å². The van der Waals surface area contributed by atoms with Crippen molar-refractivity contribution in [3.05, 3.63) is 118 Å². The van der Waals surface area contributed by atoms with E-state index >= 15 is 0 Å². The number of fused-ring (bicyclic) bond motifs is 1. The number of amides is 3. The molecule has 0 aromatic heterocycles. The van der Waals surface area contributed by atoms with Crippen LogP contribution in [0.3, 0.4) is 0 Å². The average Bonchev–Trinajstić information content (AvgIpc) is 3.05. The van der Waals surface area contributed by atoms with Gasteiger partial charge in [-0.15, -0.1) is 0 Å². The predicted molar refractivity (Wildman–Crippen MR) is 179 cm³/mol. The van der Waals surface area contributed by atoms with E-state index < -0.39 is 47.3 Å². The van der Waals surface area contributed by atoms with Gasteiger partial charge in [0.2, 0.25) is 0 Å². The molecule has 0 radical (unpaired) electrons. The number of carboxylic acid groups (broad SMARTS) is 1. The van der Waals surface area contributed by atoms with Gasteiger partial charge in [0.05, 0.1) is 10.6 Å². The van der Waals surface area contributed by atoms with Gasteiger partial charge in [0, 0.05) is 19.2 Å². The fourth-order valence-electron chi connectivity index (χ4n) is 5.38. The first-order valence-corrected chi connectivity index (χ1v) is 16.1. The number of benzene rings is 4. The summed E-state index contributed by atoms with van der Waals surface area (Å²) < 4.78 is 69.8. The molecule has 0 saturated carbocycles. The minimum atomic E-state index is -4.53. The standard InChI is InChI=1S/C37H33ClF4N2O7/c1-36(2,3)51-35(48)43-19-17-23-6-11-27(49-26-12-7-24(8-13-26)37(40,41)42)20-29(23)32(43)33(45)44(34(46)47)18-16-22-4-9-25(10-5-22)50-28-14-15-31(39)30(38)21-28/h4-15,20-21,32H,16-19H2,1-3H3,(H,46,47)/t32-/m0/s1. The molecule has 9 nitrogen and oxygen atoms in total. The number of hydrogen-bond acceptors (Lipinski definition) is 6. The highest BCUT2D eigenvalue weighted by Gasteiger charge is 2.42. The van der Waals surface area contributed by atoms with Crippen LogP contribution in [0.1, 0.15) is 49.1 Å². The fraction of sp³-hybridized carbons (Fsp3) is 0.270. The Morgan fingerprint density at radius 2 is 1.43 bits per heavy atom. The molecule has 14 heteroatoms. The lowest BCUT2D eigenvalue weighted by atomic mass is 9.91. The molecule has 0 aliphatic carbocycles. The van der Waals surface area contributed by atoms with E-state index in [1.165, 1.54) is 29.2 Å². The molecule has 0 bridgehead atoms. The van der Waals surface area contributed by atoms with Crippen LogP contribution in [0.15, 0.2) is 84.9 Å². The zero-order chi connectivity index (χ0) is 37.1. The summed E-state index contributed by atoms with van der Waals surface area (Å²) in [7, 11) is 0. The molecule has 268 valence electrons. The molecule has 3 amide bonds. The van der Waals surface area contributed by atoms with Crippen LogP contribution in [0.2, 0.25) is 5.02 Å². The number of hydrogen-bond donors (Lipinski definition) is 1. The molecule has 1 atom stereocenters. The molecule has 5 rings (SSSR count). The molecule has 1 heterocycles. The second kappa shape index (κ2) is 14.9. The monoisotopic (exact) mass is 728 g/mol. The van der Waals surface area contributed by atoms with Crippen molar-refractivity contribution in [2.45, 2.75) is 51.4 Å². The van der Waals surface area contributed by atoms with Crippen LogP contribution in [0.4, 0.5) is 27.2 Å². The van der Waals surface area contributed by atoms with E-state index in [9.17, 15) is 37.1 Å². The van der Waals surface area contributed by atoms with Crippen LogP contribution >= 0.6 is 11.6 Å². The zero-order valence-corrected chi connectivity index (χ0v) is 28.4. The largest absolute Gasteiger partial charge is 0.465 e. The summed E-state index contributed by atoms with van der Waals surface area (Å²) in [6.07, 6.45) is -6.48. The molecule has 0 saturated heterocycles. The van der Waals surface area contributed by atoms with E-state index in [4.69, 9.17) is 25.8 Å². The van der Waals surface area contributed by atoms with Crippen LogP contribution in [0.5, 0.6) is 23.0 Å². The molecule has 4 aromatic carbocycles. The van der Waals surface area contributed by atoms with E-state index in [1.54, 1.807) is 57.2 Å². The Hall–Kier alpha value is -5.30. The SMILES string of the molecule is CC(C)(C)OC(=O)N1CCc2ccc(Oc3ccc(C(F)(F)F)cc3)cc2[C@H]1C(=O)N(CCc1ccc(Oc2ccc(F)c(Cl)c2)cc1)C(=O)O. The number of ether oxygens (including phenoxy) is 3. The van der Waals surface area contributed by atoms with Gasteiger partial charge < -0.3 is 19.3 Å². The summed E-state index contributed by atoms with van der Waals surface area (Å²) in [5.74, 6) is -0.523. The lowest BCUT2D eigenvalue weighted by molar-refractivity contribution is -0.137. The summed E-state index contributed by atoms with van der Waals surface area (Å²) in [6.45, 7) is 4.75. The van der Waals surface area contributed by atoms with Crippen molar-refractivity contribution in [1.29, 1.82) is 0 Å². The minimum absolute atomic E-state index is 0.0472. The van der Waals surface area contributed by atoms with Crippen LogP contribution in [0.25, 0.3) is 0 Å². The number of nitrogens with zero attached hydrogens (tertiary/aromatic N) is 2. The molecule has 1 N–H and O–H groups in total. The van der Waals surface area contributed by atoms with E-state index in [0.29, 0.717) is 33.9 Å². The lowest BCUT2D eigenvalue weighted by Crippen LogP contribution is -2.51. The maximum atomic E-state index is 14.2. The number of carbonyl (C=O) groups excluding carboxylic acids is 2. The Balaban J connectivity index is 1.39. The quantitative estimate of drug-likeness (QED) is 0.180. The molecule has 51 heavy (non-hydrogen) atoms. The maximum absolute atomic E-state index is 14.2. The van der Waals surface area contributed by atoms with Gasteiger partial charge >= 0.3 is 18.4 Å². The smallest absolute Gasteiger partial charge is 0.416 e. The summed E-state index contributed by atoms with van der Waals surface area (Å²) in [5, 5.41) is 10.1. The van der Waals surface area contributed by atoms with Gasteiger partial charge in [-0.1, -0.05) is 29.8 Å². The van der Waals surface area contributed by atoms with Crippen molar-refractivity contribution < 1.29 is 51.3 Å². The van der Waals surface area contributed by atoms with Crippen molar-refractivity contribution in [3.63, 3.8) is 0 Å². The summed E-state index contributed by atoms with van der Waals surface area (Å²) >= 11 is 5.82. The fourth-order valence-corrected chi connectivity index (χ4v) is 5.55. The topological polar surface area (TPSA) is 106 Å². The maximum Gasteiger partial charge on any atom is 0.416 e. The zero-order valence-electron chi connectivity index (χ0n) is 27.7. The van der Waals surface area contributed by atoms with Gasteiger partial charge in [-0.05, 0) is 111 Å². The highest BCUT2D eigenvalue weighted by atomic mass is 35.5. The van der Waals surface area contributed by atoms with Crippen LogP contribution in [0, 0.1) is 5.82 Å². The third-order valence-corrected chi connectivity index (χ3v) is 8.09. The van der Waals surface area contributed by atoms with Crippen molar-refractivity contribution in [3.8, 4) is 23.0 Å². The number of alkyl halides is 3. The van der Waals surface area contributed by atoms with Gasteiger partial charge in [0.15, 0.2) is 0 Å². The molecule has 1 aliphatic heterocycles. The Morgan fingerprint density at radius 1 is 0.863 bits per heavy atom. The molecule has 0 spiro atoms. The molecule has 0 fully saturated rings. The highest BCUT2D eigenvalue weighted by Crippen LogP contribution is 2.37. The second-order valence-electron chi connectivity index (χ2n) is 12.7. The number of rotatable bonds is 8. The van der Waals surface area contributed by atoms with Gasteiger partial charge in [-0.3, -0.25) is 9.69 Å². The first-order chi connectivity index (χ1) is 24.0. The van der Waals surface area contributed by atoms with Crippen molar-refractivity contribution >= 4 is 29.7 Å². The predicted octanol–water partition coefficient (Wildman–Crippen LogP) is 9.67. The van der Waals surface area contributed by atoms with Crippen molar-refractivity contribution in [1.82, 2.24) is 9.80 Å². The first kappa shape index (κ1) is 37.0. The Kier molecular flexibility index (Phi) is 10.8. The number of carbonyl (C=O) groups is 3. The molecule has 1 aliphatic rings. The molecule has 4 aromatic rings. The number of halogens is 5. The third kappa shape index (κ3) is 9.28. The second-order valence-corrected chi connectivity index (χ2v) is 13.1. The molecular formula is C37H33ClF4N2O7. The average molecular weight is 729 g/mol. The van der Waals surface area contributed by atoms with Gasteiger partial charge in [-0.25, -0.2) is 18.9 Å². The molecule has 0 unspecified atom stereocenters. The van der Waals surface area contributed by atoms with E-state index in [-0.39, 0.29) is 41.6 Å². The Bertz CT molecular complexity index is 1910. The Labute approximate surface area is 295 Å². The van der Waals surface area contributed by atoms with Crippen LogP contribution < -0.4 is 9.47 Å². The summed E-state index contributed by atoms with van der Waals surface area (Å²) in [4.78, 5) is 42.0. The van der Waals surface area contributed by atoms with E-state index in [2.05, 4.69) is 0 Å². The minimum Gasteiger partial charge on any atom is -0.465 e.